The maximum absolute atomic E-state index is 3.72. The van der Waals surface area contributed by atoms with Gasteiger partial charge in [-0.15, -0.1) is 0 Å². The average Bonchev–Trinajstić information content (AvgIpc) is 2.37. The van der Waals surface area contributed by atoms with Gasteiger partial charge in [-0.2, -0.15) is 0 Å². The number of likely N-dealkylation sites (N-methyl/N-ethyl adjacent to an activating group) is 1. The molecule has 0 saturated carbocycles. The van der Waals surface area contributed by atoms with Crippen molar-refractivity contribution in [3.63, 3.8) is 0 Å². The summed E-state index contributed by atoms with van der Waals surface area (Å²) in [5.41, 5.74) is 5.72. The van der Waals surface area contributed by atoms with Crippen LogP contribution in [0.15, 0.2) is 12.1 Å². The maximum Gasteiger partial charge on any atom is 0.0498 e. The highest BCUT2D eigenvalue weighted by atomic mass is 15.1. The molecule has 2 nitrogen and oxygen atoms in total. The van der Waals surface area contributed by atoms with E-state index in [9.17, 15) is 0 Å². The molecule has 0 radical (unpaired) electrons. The van der Waals surface area contributed by atoms with Crippen molar-refractivity contribution in [2.45, 2.75) is 52.1 Å². The smallest absolute Gasteiger partial charge is 0.0498 e. The van der Waals surface area contributed by atoms with Crippen LogP contribution in [0.4, 0.5) is 0 Å². The summed E-state index contributed by atoms with van der Waals surface area (Å²) in [6.45, 7) is 7.84. The van der Waals surface area contributed by atoms with E-state index in [-0.39, 0.29) is 0 Å². The van der Waals surface area contributed by atoms with Gasteiger partial charge in [0.05, 0.1) is 0 Å². The Hall–Kier alpha value is -0.860. The van der Waals surface area contributed by atoms with E-state index >= 15 is 0 Å². The summed E-state index contributed by atoms with van der Waals surface area (Å²) in [6, 6.07) is 5.81. The van der Waals surface area contributed by atoms with Crippen LogP contribution in [0.5, 0.6) is 0 Å². The quantitative estimate of drug-likeness (QED) is 0.896. The van der Waals surface area contributed by atoms with Crippen LogP contribution in [0.1, 0.15) is 47.6 Å². The summed E-state index contributed by atoms with van der Waals surface area (Å²) >= 11 is 0. The number of hydrogen-bond acceptors (Lipinski definition) is 2. The minimum Gasteiger partial charge on any atom is -0.312 e. The molecule has 0 amide bonds. The molecule has 2 heteroatoms. The van der Waals surface area contributed by atoms with Gasteiger partial charge in [0.25, 0.3) is 0 Å². The van der Waals surface area contributed by atoms with Crippen molar-refractivity contribution in [3.05, 3.63) is 34.4 Å². The predicted molar refractivity (Wildman–Crippen MR) is 82.7 cm³/mol. The minimum atomic E-state index is 0.486. The average molecular weight is 260 g/mol. The molecule has 2 unspecified atom stereocenters. The van der Waals surface area contributed by atoms with Crippen LogP contribution in [-0.4, -0.2) is 31.6 Å². The fourth-order valence-corrected chi connectivity index (χ4v) is 3.30. The van der Waals surface area contributed by atoms with Crippen LogP contribution in [-0.2, 0) is 0 Å². The number of nitrogens with zero attached hydrogens (tertiary/aromatic N) is 1. The van der Waals surface area contributed by atoms with Crippen LogP contribution in [0.3, 0.4) is 0 Å². The Morgan fingerprint density at radius 3 is 2.32 bits per heavy atom. The second kappa shape index (κ2) is 6.06. The third-order valence-electron chi connectivity index (χ3n) is 4.49. The molecule has 0 aromatic heterocycles. The first kappa shape index (κ1) is 14.5. The predicted octanol–water partition coefficient (Wildman–Crippen LogP) is 3.36. The monoisotopic (exact) mass is 260 g/mol. The highest BCUT2D eigenvalue weighted by molar-refractivity contribution is 5.39. The van der Waals surface area contributed by atoms with Crippen LogP contribution in [0.2, 0.25) is 0 Å². The number of nitrogens with one attached hydrogen (secondary N) is 1. The molecule has 106 valence electrons. The molecule has 1 N–H and O–H groups in total. The molecule has 1 heterocycles. The second-order valence-corrected chi connectivity index (χ2v) is 6.26. The van der Waals surface area contributed by atoms with Gasteiger partial charge in [-0.05, 0) is 76.5 Å². The van der Waals surface area contributed by atoms with Gasteiger partial charge >= 0.3 is 0 Å². The zero-order chi connectivity index (χ0) is 14.0. The van der Waals surface area contributed by atoms with Gasteiger partial charge in [0.1, 0.15) is 0 Å². The molecule has 1 aromatic rings. The molecule has 1 fully saturated rings. The number of rotatable bonds is 3. The summed E-state index contributed by atoms with van der Waals surface area (Å²) in [6.07, 6.45) is 3.96. The van der Waals surface area contributed by atoms with Crippen LogP contribution >= 0.6 is 0 Å². The zero-order valence-corrected chi connectivity index (χ0v) is 13.1. The van der Waals surface area contributed by atoms with Gasteiger partial charge in [-0.1, -0.05) is 18.6 Å². The van der Waals surface area contributed by atoms with Crippen molar-refractivity contribution in [3.8, 4) is 0 Å². The van der Waals surface area contributed by atoms with Crippen LogP contribution < -0.4 is 5.32 Å². The highest BCUT2D eigenvalue weighted by Crippen LogP contribution is 2.30. The van der Waals surface area contributed by atoms with E-state index in [0.29, 0.717) is 12.1 Å². The van der Waals surface area contributed by atoms with Crippen LogP contribution in [0.25, 0.3) is 0 Å². The molecule has 2 atom stereocenters. The third-order valence-corrected chi connectivity index (χ3v) is 4.49. The van der Waals surface area contributed by atoms with Crippen LogP contribution in [0, 0.1) is 20.8 Å². The molecule has 19 heavy (non-hydrogen) atoms. The Labute approximate surface area is 118 Å². The van der Waals surface area contributed by atoms with E-state index in [1.165, 1.54) is 48.1 Å². The molecule has 1 saturated heterocycles. The normalized spacial score (nSPS) is 21.7. The van der Waals surface area contributed by atoms with E-state index in [1.54, 1.807) is 0 Å². The summed E-state index contributed by atoms with van der Waals surface area (Å²) < 4.78 is 0. The third kappa shape index (κ3) is 3.18. The van der Waals surface area contributed by atoms with Gasteiger partial charge < -0.3 is 10.2 Å². The molecule has 2 rings (SSSR count). The first-order valence-corrected chi connectivity index (χ1v) is 7.48. The molecule has 1 aliphatic heterocycles. The van der Waals surface area contributed by atoms with Gasteiger partial charge in [-0.3, -0.25) is 0 Å². The van der Waals surface area contributed by atoms with Crippen molar-refractivity contribution < 1.29 is 0 Å². The molecular weight excluding hydrogens is 232 g/mol. The van der Waals surface area contributed by atoms with E-state index < -0.39 is 0 Å². The lowest BCUT2D eigenvalue weighted by Gasteiger charge is -2.37. The summed E-state index contributed by atoms with van der Waals surface area (Å²) in [4.78, 5) is 2.38. The Balaban J connectivity index is 2.35. The van der Waals surface area contributed by atoms with E-state index in [0.717, 1.165) is 0 Å². The Bertz CT molecular complexity index is 431. The van der Waals surface area contributed by atoms with Gasteiger partial charge in [0.15, 0.2) is 0 Å². The van der Waals surface area contributed by atoms with Crippen molar-refractivity contribution in [1.29, 1.82) is 0 Å². The van der Waals surface area contributed by atoms with E-state index in [2.05, 4.69) is 57.2 Å². The summed E-state index contributed by atoms with van der Waals surface area (Å²) in [7, 11) is 4.41. The molecule has 0 bridgehead atoms. The number of piperidine rings is 1. The second-order valence-electron chi connectivity index (χ2n) is 6.26. The maximum atomic E-state index is 3.72. The van der Waals surface area contributed by atoms with Gasteiger partial charge in [0.2, 0.25) is 0 Å². The molecular formula is C17H28N2. The lowest BCUT2D eigenvalue weighted by molar-refractivity contribution is 0.204. The zero-order valence-electron chi connectivity index (χ0n) is 13.1. The first-order valence-electron chi connectivity index (χ1n) is 7.48. The van der Waals surface area contributed by atoms with Gasteiger partial charge in [0, 0.05) is 12.1 Å². The summed E-state index contributed by atoms with van der Waals surface area (Å²) in [5, 5.41) is 3.72. The standard InChI is InChI=1S/C17H28N2/c1-12-10-14(3)15(11-13(12)2)17(19(4)5)16-8-6-7-9-18-16/h10-11,16-18H,6-9H2,1-5H3. The lowest BCUT2D eigenvalue weighted by atomic mass is 9.87. The fourth-order valence-electron chi connectivity index (χ4n) is 3.30. The largest absolute Gasteiger partial charge is 0.312 e. The first-order chi connectivity index (χ1) is 9.00. The molecule has 0 aliphatic carbocycles. The Kier molecular flexibility index (Phi) is 4.64. The van der Waals surface area contributed by atoms with Gasteiger partial charge in [-0.25, -0.2) is 0 Å². The Morgan fingerprint density at radius 2 is 1.74 bits per heavy atom. The molecule has 1 aromatic carbocycles. The fraction of sp³-hybridized carbons (Fsp3) is 0.647. The minimum absolute atomic E-state index is 0.486. The Morgan fingerprint density at radius 1 is 1.05 bits per heavy atom. The number of benzene rings is 1. The number of hydrogen-bond donors (Lipinski definition) is 1. The van der Waals surface area contributed by atoms with Crippen molar-refractivity contribution >= 4 is 0 Å². The topological polar surface area (TPSA) is 15.3 Å². The SMILES string of the molecule is Cc1cc(C)c(C(C2CCCCN2)N(C)C)cc1C. The highest BCUT2D eigenvalue weighted by Gasteiger charge is 2.27. The van der Waals surface area contributed by atoms with Crippen molar-refractivity contribution in [2.24, 2.45) is 0 Å². The van der Waals surface area contributed by atoms with E-state index in [4.69, 9.17) is 0 Å². The number of aryl methyl sites for hydroxylation is 3. The van der Waals surface area contributed by atoms with E-state index in [1.807, 2.05) is 0 Å². The lowest BCUT2D eigenvalue weighted by Crippen LogP contribution is -2.44. The van der Waals surface area contributed by atoms with Crippen molar-refractivity contribution in [2.75, 3.05) is 20.6 Å². The molecule has 1 aliphatic rings. The van der Waals surface area contributed by atoms with Crippen molar-refractivity contribution in [1.82, 2.24) is 10.2 Å². The summed E-state index contributed by atoms with van der Waals surface area (Å²) in [5.74, 6) is 0. The molecule has 0 spiro atoms.